The van der Waals surface area contributed by atoms with E-state index in [-0.39, 0.29) is 23.8 Å². The highest BCUT2D eigenvalue weighted by molar-refractivity contribution is 7.89. The smallest absolute Gasteiger partial charge is 0.241 e. The third-order valence-electron chi connectivity index (χ3n) is 5.82. The number of hydrogen-bond donors (Lipinski definition) is 2. The average molecular weight is 499 g/mol. The molecule has 0 saturated heterocycles. The lowest BCUT2D eigenvalue weighted by Crippen LogP contribution is -2.29. The highest BCUT2D eigenvalue weighted by Crippen LogP contribution is 2.29. The van der Waals surface area contributed by atoms with Gasteiger partial charge in [-0.15, -0.1) is 11.3 Å². The number of hydrogen-bond acceptors (Lipinski definition) is 6. The van der Waals surface area contributed by atoms with Crippen LogP contribution in [0.25, 0.3) is 0 Å². The second-order valence-electron chi connectivity index (χ2n) is 8.76. The minimum absolute atomic E-state index is 0.0247. The normalized spacial score (nSPS) is 14.1. The second-order valence-corrected chi connectivity index (χ2v) is 11.5. The summed E-state index contributed by atoms with van der Waals surface area (Å²) in [5, 5.41) is 3.41. The maximum absolute atomic E-state index is 12.8. The zero-order valence-electron chi connectivity index (χ0n) is 19.7. The number of aryl methyl sites for hydroxylation is 3. The fourth-order valence-corrected chi connectivity index (χ4v) is 6.97. The zero-order valence-corrected chi connectivity index (χ0v) is 21.4. The standard InChI is InChI=1S/C25H30N4O3S2/c1-17-13-18(2)24(19(3)14-17)34(31,32)26-11-9-23(30)28-25-27-21-10-12-29(16-22(21)33-25)15-20-7-5-4-6-8-20/h4-8,13-14,26H,9-12,15-16H2,1-3H3,(H,27,28,30). The van der Waals surface area contributed by atoms with Gasteiger partial charge in [0.2, 0.25) is 15.9 Å². The topological polar surface area (TPSA) is 91.4 Å². The Morgan fingerprint density at radius 3 is 2.53 bits per heavy atom. The van der Waals surface area contributed by atoms with E-state index in [2.05, 4.69) is 32.1 Å². The van der Waals surface area contributed by atoms with Crippen LogP contribution in [0.5, 0.6) is 0 Å². The first-order valence-corrected chi connectivity index (χ1v) is 13.6. The molecule has 9 heteroatoms. The van der Waals surface area contributed by atoms with Crippen molar-refractivity contribution in [1.29, 1.82) is 0 Å². The van der Waals surface area contributed by atoms with Gasteiger partial charge in [0.15, 0.2) is 5.13 Å². The van der Waals surface area contributed by atoms with Gasteiger partial charge >= 0.3 is 0 Å². The average Bonchev–Trinajstić information content (AvgIpc) is 3.14. The van der Waals surface area contributed by atoms with E-state index < -0.39 is 10.0 Å². The lowest BCUT2D eigenvalue weighted by molar-refractivity contribution is -0.116. The second kappa shape index (κ2) is 10.4. The Bertz CT molecular complexity index is 1260. The van der Waals surface area contributed by atoms with Crippen molar-refractivity contribution >= 4 is 32.4 Å². The van der Waals surface area contributed by atoms with Crippen LogP contribution < -0.4 is 10.0 Å². The van der Waals surface area contributed by atoms with Crippen LogP contribution in [0.3, 0.4) is 0 Å². The van der Waals surface area contributed by atoms with E-state index in [1.807, 2.05) is 37.3 Å². The Kier molecular flexibility index (Phi) is 7.47. The molecule has 2 N–H and O–H groups in total. The monoisotopic (exact) mass is 498 g/mol. The van der Waals surface area contributed by atoms with Gasteiger partial charge in [-0.25, -0.2) is 18.1 Å². The van der Waals surface area contributed by atoms with Crippen LogP contribution in [0.15, 0.2) is 47.4 Å². The summed E-state index contributed by atoms with van der Waals surface area (Å²) >= 11 is 1.50. The SMILES string of the molecule is Cc1cc(C)c(S(=O)(=O)NCCC(=O)Nc2nc3c(s2)CN(Cc2ccccc2)CC3)c(C)c1. The number of nitrogens with one attached hydrogen (secondary N) is 2. The first kappa shape index (κ1) is 24.5. The van der Waals surface area contributed by atoms with Crippen LogP contribution in [-0.2, 0) is 34.3 Å². The first-order valence-electron chi connectivity index (χ1n) is 11.3. The number of thiazole rings is 1. The third kappa shape index (κ3) is 5.90. The molecule has 0 saturated carbocycles. The van der Waals surface area contributed by atoms with Gasteiger partial charge in [-0.2, -0.15) is 0 Å². The number of carbonyl (C=O) groups excluding carboxylic acids is 1. The maximum atomic E-state index is 12.8. The van der Waals surface area contributed by atoms with Crippen molar-refractivity contribution in [2.75, 3.05) is 18.4 Å². The Labute approximate surface area is 205 Å². The van der Waals surface area contributed by atoms with Crippen LogP contribution >= 0.6 is 11.3 Å². The molecule has 34 heavy (non-hydrogen) atoms. The molecule has 1 aromatic heterocycles. The van der Waals surface area contributed by atoms with Gasteiger partial charge in [0, 0.05) is 43.9 Å². The summed E-state index contributed by atoms with van der Waals surface area (Å²) in [4.78, 5) is 20.9. The van der Waals surface area contributed by atoms with E-state index in [0.717, 1.165) is 37.3 Å². The van der Waals surface area contributed by atoms with E-state index in [4.69, 9.17) is 0 Å². The molecule has 180 valence electrons. The van der Waals surface area contributed by atoms with Crippen LogP contribution in [0.2, 0.25) is 0 Å². The lowest BCUT2D eigenvalue weighted by atomic mass is 10.1. The Morgan fingerprint density at radius 1 is 1.12 bits per heavy atom. The summed E-state index contributed by atoms with van der Waals surface area (Å²) in [7, 11) is -3.69. The maximum Gasteiger partial charge on any atom is 0.241 e. The van der Waals surface area contributed by atoms with Gasteiger partial charge in [0.25, 0.3) is 0 Å². The fourth-order valence-electron chi connectivity index (χ4n) is 4.42. The minimum Gasteiger partial charge on any atom is -0.302 e. The van der Waals surface area contributed by atoms with E-state index >= 15 is 0 Å². The summed E-state index contributed by atoms with van der Waals surface area (Å²) in [5.41, 5.74) is 4.73. The molecule has 0 radical (unpaired) electrons. The van der Waals surface area contributed by atoms with Gasteiger partial charge in [0.1, 0.15) is 0 Å². The molecule has 0 spiro atoms. The quantitative estimate of drug-likeness (QED) is 0.491. The van der Waals surface area contributed by atoms with Gasteiger partial charge < -0.3 is 5.32 Å². The highest BCUT2D eigenvalue weighted by atomic mass is 32.2. The Hall–Kier alpha value is -2.59. The molecule has 0 fully saturated rings. The van der Waals surface area contributed by atoms with E-state index in [1.165, 1.54) is 21.8 Å². The molecular formula is C25H30N4O3S2. The minimum atomic E-state index is -3.69. The third-order valence-corrected chi connectivity index (χ3v) is 8.59. The zero-order chi connectivity index (χ0) is 24.3. The van der Waals surface area contributed by atoms with Crippen molar-refractivity contribution in [1.82, 2.24) is 14.6 Å². The highest BCUT2D eigenvalue weighted by Gasteiger charge is 2.22. The summed E-state index contributed by atoms with van der Waals surface area (Å²) in [6, 6.07) is 14.1. The molecule has 0 unspecified atom stereocenters. The van der Waals surface area contributed by atoms with Crippen LogP contribution in [-0.4, -0.2) is 37.3 Å². The summed E-state index contributed by atoms with van der Waals surface area (Å²) < 4.78 is 28.1. The van der Waals surface area contributed by atoms with Crippen LogP contribution in [0.4, 0.5) is 5.13 Å². The van der Waals surface area contributed by atoms with Gasteiger partial charge in [-0.3, -0.25) is 9.69 Å². The molecule has 2 aromatic carbocycles. The van der Waals surface area contributed by atoms with Crippen molar-refractivity contribution in [3.63, 3.8) is 0 Å². The number of anilines is 1. The number of rotatable bonds is 8. The number of fused-ring (bicyclic) bond motifs is 1. The number of nitrogens with zero attached hydrogens (tertiary/aromatic N) is 2. The Balaban J connectivity index is 1.30. The molecule has 1 aliphatic heterocycles. The van der Waals surface area contributed by atoms with Gasteiger partial charge in [-0.05, 0) is 37.5 Å². The van der Waals surface area contributed by atoms with Crippen molar-refractivity contribution in [2.24, 2.45) is 0 Å². The van der Waals surface area contributed by atoms with Crippen LogP contribution in [0.1, 0.15) is 39.2 Å². The van der Waals surface area contributed by atoms with Crippen molar-refractivity contribution < 1.29 is 13.2 Å². The molecular weight excluding hydrogens is 468 g/mol. The predicted octanol–water partition coefficient (Wildman–Crippen LogP) is 3.93. The summed E-state index contributed by atoms with van der Waals surface area (Å²) in [5.74, 6) is -0.257. The van der Waals surface area contributed by atoms with E-state index in [0.29, 0.717) is 16.3 Å². The summed E-state index contributed by atoms with van der Waals surface area (Å²) in [6.07, 6.45) is 0.886. The lowest BCUT2D eigenvalue weighted by Gasteiger charge is -2.25. The largest absolute Gasteiger partial charge is 0.302 e. The van der Waals surface area contributed by atoms with Gasteiger partial charge in [0.05, 0.1) is 10.6 Å². The molecule has 4 rings (SSSR count). The number of aromatic nitrogens is 1. The Morgan fingerprint density at radius 2 is 1.82 bits per heavy atom. The van der Waals surface area contributed by atoms with E-state index in [9.17, 15) is 13.2 Å². The number of carbonyl (C=O) groups is 1. The number of benzene rings is 2. The molecule has 2 heterocycles. The molecule has 7 nitrogen and oxygen atoms in total. The first-order chi connectivity index (χ1) is 16.2. The summed E-state index contributed by atoms with van der Waals surface area (Å²) in [6.45, 7) is 8.16. The van der Waals surface area contributed by atoms with Crippen molar-refractivity contribution in [3.05, 3.63) is 75.3 Å². The molecule has 1 amide bonds. The van der Waals surface area contributed by atoms with Crippen molar-refractivity contribution in [2.45, 2.75) is 51.6 Å². The van der Waals surface area contributed by atoms with Gasteiger partial charge in [-0.1, -0.05) is 48.0 Å². The number of sulfonamides is 1. The van der Waals surface area contributed by atoms with Crippen molar-refractivity contribution in [3.8, 4) is 0 Å². The number of amides is 1. The molecule has 3 aromatic rings. The molecule has 1 aliphatic rings. The molecule has 0 bridgehead atoms. The van der Waals surface area contributed by atoms with E-state index in [1.54, 1.807) is 13.8 Å². The fraction of sp³-hybridized carbons (Fsp3) is 0.360. The predicted molar refractivity (Wildman–Crippen MR) is 135 cm³/mol. The molecule has 0 atom stereocenters. The van der Waals surface area contributed by atoms with Crippen LogP contribution in [0, 0.1) is 20.8 Å². The molecule has 0 aliphatic carbocycles.